The number of aliphatic hydroxyl groups excluding tert-OH is 11. The van der Waals surface area contributed by atoms with Gasteiger partial charge in [0.1, 0.15) is 73.2 Å². The minimum absolute atomic E-state index is 0.220. The van der Waals surface area contributed by atoms with E-state index in [4.69, 9.17) is 28.4 Å². The molecule has 3 aliphatic heterocycles. The minimum atomic E-state index is -1.98. The van der Waals surface area contributed by atoms with Crippen molar-refractivity contribution in [1.82, 2.24) is 5.32 Å². The van der Waals surface area contributed by atoms with Crippen molar-refractivity contribution >= 4 is 5.91 Å². The fourth-order valence-corrected chi connectivity index (χ4v) is 9.58. The summed E-state index contributed by atoms with van der Waals surface area (Å²) in [5.41, 5.74) is 0. The largest absolute Gasteiger partial charge is 0.394 e. The number of carbonyl (C=O) groups is 1. The summed E-state index contributed by atoms with van der Waals surface area (Å²) >= 11 is 0. The molecule has 0 bridgehead atoms. The van der Waals surface area contributed by atoms with E-state index in [0.717, 1.165) is 83.5 Å². The summed E-state index contributed by atoms with van der Waals surface area (Å²) < 4.78 is 34.2. The van der Waals surface area contributed by atoms with Crippen molar-refractivity contribution in [2.24, 2.45) is 0 Å². The molecule has 3 rings (SSSR count). The topological polar surface area (TPSA) is 307 Å². The molecule has 0 radical (unpaired) electrons. The predicted molar refractivity (Wildman–Crippen MR) is 304 cm³/mol. The van der Waals surface area contributed by atoms with Crippen LogP contribution in [0, 0.1) is 0 Å². The summed E-state index contributed by atoms with van der Waals surface area (Å²) in [6, 6.07) is -0.909. The number of carbonyl (C=O) groups excluding carboxylic acids is 1. The highest BCUT2D eigenvalue weighted by Gasteiger charge is 2.53. The molecule has 19 heteroatoms. The van der Waals surface area contributed by atoms with Gasteiger partial charge in [-0.05, 0) is 70.6 Å². The van der Waals surface area contributed by atoms with Gasteiger partial charge in [-0.25, -0.2) is 0 Å². The maximum Gasteiger partial charge on any atom is 0.220 e. The number of hydrogen-bond acceptors (Lipinski definition) is 18. The van der Waals surface area contributed by atoms with Crippen molar-refractivity contribution in [3.8, 4) is 0 Å². The standard InChI is InChI=1S/C61H103NO18/c1-3-5-7-9-11-13-15-16-17-18-19-20-21-22-23-24-25-26-27-28-29-31-33-35-37-39-49(67)62-44(45(66)38-36-34-32-30-14-12-10-8-6-4-2)43-75-59-55(73)52(70)57(47(41-64)77-59)80-61-56(74)53(71)58(48(42-65)78-61)79-60-54(72)51(69)50(68)46(40-63)76-60/h5,7,11,13,16-17,19-20,22-23,25-26,28-29,44-48,50-61,63-66,68-74H,3-4,6,8-10,12,14-15,18,21,24,27,30-43H2,1-2H3,(H,62,67)/b7-5-,13-11-,17-16-,20-19-,23-22-,26-25-,29-28-. The van der Waals surface area contributed by atoms with Crippen LogP contribution in [-0.2, 0) is 33.2 Å². The second kappa shape index (κ2) is 43.6. The lowest BCUT2D eigenvalue weighted by atomic mass is 9.96. The van der Waals surface area contributed by atoms with Gasteiger partial charge in [-0.15, -0.1) is 0 Å². The van der Waals surface area contributed by atoms with Gasteiger partial charge in [0.2, 0.25) is 5.91 Å². The first-order valence-electron chi connectivity index (χ1n) is 29.8. The Hall–Kier alpha value is -3.03. The van der Waals surface area contributed by atoms with E-state index in [1.54, 1.807) is 0 Å². The normalized spacial score (nSPS) is 30.6. The Morgan fingerprint density at radius 2 is 0.863 bits per heavy atom. The first-order chi connectivity index (χ1) is 38.8. The van der Waals surface area contributed by atoms with Crippen LogP contribution in [0.15, 0.2) is 85.1 Å². The summed E-state index contributed by atoms with van der Waals surface area (Å²) in [5, 5.41) is 120. The van der Waals surface area contributed by atoms with E-state index in [9.17, 15) is 61.0 Å². The lowest BCUT2D eigenvalue weighted by Crippen LogP contribution is -2.66. The highest BCUT2D eigenvalue weighted by Crippen LogP contribution is 2.33. The fraction of sp³-hybridized carbons (Fsp3) is 0.754. The summed E-state index contributed by atoms with van der Waals surface area (Å²) in [6.07, 6.45) is 25.4. The Morgan fingerprint density at radius 1 is 0.463 bits per heavy atom. The zero-order valence-electron chi connectivity index (χ0n) is 47.8. The number of unbranched alkanes of at least 4 members (excludes halogenated alkanes) is 12. The van der Waals surface area contributed by atoms with Gasteiger partial charge in [-0.1, -0.05) is 170 Å². The molecule has 12 N–H and O–H groups in total. The van der Waals surface area contributed by atoms with Crippen LogP contribution < -0.4 is 5.32 Å². The minimum Gasteiger partial charge on any atom is -0.394 e. The Labute approximate surface area is 476 Å². The second-order valence-electron chi connectivity index (χ2n) is 21.1. The average Bonchev–Trinajstić information content (AvgIpc) is 3.47. The van der Waals surface area contributed by atoms with Crippen molar-refractivity contribution < 1.29 is 89.4 Å². The van der Waals surface area contributed by atoms with Crippen LogP contribution in [0.2, 0.25) is 0 Å². The molecule has 1 amide bonds. The van der Waals surface area contributed by atoms with Crippen LogP contribution in [0.5, 0.6) is 0 Å². The summed E-state index contributed by atoms with van der Waals surface area (Å²) in [6.45, 7) is 1.59. The van der Waals surface area contributed by atoms with Gasteiger partial charge < -0.3 is 89.9 Å². The average molecular weight is 1140 g/mol. The van der Waals surface area contributed by atoms with E-state index in [0.29, 0.717) is 19.3 Å². The van der Waals surface area contributed by atoms with Gasteiger partial charge in [0.25, 0.3) is 0 Å². The molecule has 80 heavy (non-hydrogen) atoms. The van der Waals surface area contributed by atoms with Gasteiger partial charge in [0.05, 0.1) is 38.6 Å². The number of ether oxygens (including phenoxy) is 6. The fourth-order valence-electron chi connectivity index (χ4n) is 9.58. The van der Waals surface area contributed by atoms with E-state index >= 15 is 0 Å². The molecule has 0 saturated carbocycles. The monoisotopic (exact) mass is 1140 g/mol. The third kappa shape index (κ3) is 27.1. The molecule has 17 atom stereocenters. The van der Waals surface area contributed by atoms with Crippen LogP contribution in [-0.4, -0.2) is 193 Å². The maximum atomic E-state index is 13.3. The van der Waals surface area contributed by atoms with Gasteiger partial charge >= 0.3 is 0 Å². The van der Waals surface area contributed by atoms with Crippen molar-refractivity contribution in [2.75, 3.05) is 26.4 Å². The number of allylic oxidation sites excluding steroid dienone is 14. The molecule has 3 fully saturated rings. The molecule has 460 valence electrons. The Kier molecular flexibility index (Phi) is 38.8. The number of hydrogen-bond donors (Lipinski definition) is 12. The molecule has 3 aliphatic rings. The zero-order chi connectivity index (χ0) is 58.3. The highest BCUT2D eigenvalue weighted by molar-refractivity contribution is 5.76. The second-order valence-corrected chi connectivity index (χ2v) is 21.1. The van der Waals surface area contributed by atoms with Crippen LogP contribution >= 0.6 is 0 Å². The van der Waals surface area contributed by atoms with Gasteiger partial charge in [-0.3, -0.25) is 4.79 Å². The van der Waals surface area contributed by atoms with Crippen LogP contribution in [0.3, 0.4) is 0 Å². The Balaban J connectivity index is 1.47. The summed E-state index contributed by atoms with van der Waals surface area (Å²) in [7, 11) is 0. The molecule has 19 nitrogen and oxygen atoms in total. The smallest absolute Gasteiger partial charge is 0.220 e. The van der Waals surface area contributed by atoms with E-state index in [1.807, 2.05) is 0 Å². The molecule has 17 unspecified atom stereocenters. The van der Waals surface area contributed by atoms with Crippen molar-refractivity contribution in [3.05, 3.63) is 85.1 Å². The van der Waals surface area contributed by atoms with E-state index in [2.05, 4.69) is 104 Å². The maximum absolute atomic E-state index is 13.3. The zero-order valence-corrected chi connectivity index (χ0v) is 47.8. The quantitative estimate of drug-likeness (QED) is 0.0276. The SMILES string of the molecule is CC/C=C\C/C=C\C/C=C\C/C=C\C/C=C\C/C=C\C/C=C\CCCCCC(=O)NC(COC1OC(CO)C(OC2OC(CO)C(OC3OC(CO)C(O)C(O)C3O)C(O)C2O)C(O)C1O)C(O)CCCCCCCCCCCC. The van der Waals surface area contributed by atoms with Crippen LogP contribution in [0.4, 0.5) is 0 Å². The van der Waals surface area contributed by atoms with Crippen molar-refractivity contribution in [1.29, 1.82) is 0 Å². The third-order valence-electron chi connectivity index (χ3n) is 14.5. The molecule has 0 aromatic carbocycles. The predicted octanol–water partition coefficient (Wildman–Crippen LogP) is 5.20. The number of nitrogens with one attached hydrogen (secondary N) is 1. The molecular weight excluding hydrogens is 1030 g/mol. The van der Waals surface area contributed by atoms with Gasteiger partial charge in [0.15, 0.2) is 18.9 Å². The van der Waals surface area contributed by atoms with Gasteiger partial charge in [-0.2, -0.15) is 0 Å². The van der Waals surface area contributed by atoms with Crippen LogP contribution in [0.1, 0.15) is 162 Å². The molecule has 0 aromatic rings. The van der Waals surface area contributed by atoms with E-state index in [-0.39, 0.29) is 18.9 Å². The van der Waals surface area contributed by atoms with Gasteiger partial charge in [0, 0.05) is 6.42 Å². The van der Waals surface area contributed by atoms with Crippen molar-refractivity contribution in [3.63, 3.8) is 0 Å². The Morgan fingerprint density at radius 3 is 1.34 bits per heavy atom. The third-order valence-corrected chi connectivity index (χ3v) is 14.5. The number of rotatable bonds is 42. The van der Waals surface area contributed by atoms with E-state index in [1.165, 1.54) is 38.5 Å². The first-order valence-corrected chi connectivity index (χ1v) is 29.8. The summed E-state index contributed by atoms with van der Waals surface area (Å²) in [5.74, 6) is -0.281. The lowest BCUT2D eigenvalue weighted by Gasteiger charge is -2.48. The number of amides is 1. The molecule has 0 aliphatic carbocycles. The summed E-state index contributed by atoms with van der Waals surface area (Å²) in [4.78, 5) is 13.3. The highest BCUT2D eigenvalue weighted by atomic mass is 16.8. The molecule has 3 heterocycles. The molecule has 0 aromatic heterocycles. The first kappa shape index (κ1) is 71.2. The Bertz CT molecular complexity index is 1790. The lowest BCUT2D eigenvalue weighted by molar-refractivity contribution is -0.379. The van der Waals surface area contributed by atoms with Crippen LogP contribution in [0.25, 0.3) is 0 Å². The molecule has 3 saturated heterocycles. The number of aliphatic hydroxyl groups is 11. The van der Waals surface area contributed by atoms with E-state index < -0.39 is 124 Å². The molecular formula is C61H103NO18. The molecule has 0 spiro atoms. The van der Waals surface area contributed by atoms with Crippen molar-refractivity contribution in [2.45, 2.75) is 266 Å².